The maximum atomic E-state index is 13.5. The Morgan fingerprint density at radius 2 is 1.81 bits per heavy atom. The van der Waals surface area contributed by atoms with Crippen LogP contribution in [0.5, 0.6) is 11.5 Å². The van der Waals surface area contributed by atoms with Crippen LogP contribution in [0.4, 0.5) is 5.69 Å². The fourth-order valence-corrected chi connectivity index (χ4v) is 4.54. The number of hydrogen-bond donors (Lipinski definition) is 0. The molecule has 8 heteroatoms. The van der Waals surface area contributed by atoms with E-state index in [9.17, 15) is 14.9 Å². The summed E-state index contributed by atoms with van der Waals surface area (Å²) in [5, 5.41) is 11.1. The van der Waals surface area contributed by atoms with Crippen LogP contribution in [0, 0.1) is 10.1 Å². The predicted molar refractivity (Wildman–Crippen MR) is 138 cm³/mol. The topological polar surface area (TPSA) is 96.0 Å². The van der Waals surface area contributed by atoms with Crippen LogP contribution in [0.15, 0.2) is 71.7 Å². The number of fused-ring (bicyclic) bond motifs is 1. The van der Waals surface area contributed by atoms with Gasteiger partial charge in [0.15, 0.2) is 11.5 Å². The molecule has 5 rings (SSSR count). The summed E-state index contributed by atoms with van der Waals surface area (Å²) in [6, 6.07) is 16.9. The molecule has 1 aliphatic rings. The molecule has 0 radical (unpaired) electrons. The van der Waals surface area contributed by atoms with E-state index in [4.69, 9.17) is 14.5 Å². The van der Waals surface area contributed by atoms with Gasteiger partial charge in [0, 0.05) is 23.9 Å². The highest BCUT2D eigenvalue weighted by atomic mass is 16.6. The third kappa shape index (κ3) is 4.57. The third-order valence-electron chi connectivity index (χ3n) is 6.37. The van der Waals surface area contributed by atoms with E-state index in [1.54, 1.807) is 43.6 Å². The first-order chi connectivity index (χ1) is 17.5. The lowest BCUT2D eigenvalue weighted by atomic mass is 10.0. The Bertz CT molecular complexity index is 1500. The van der Waals surface area contributed by atoms with Crippen LogP contribution in [-0.4, -0.2) is 27.5 Å². The lowest BCUT2D eigenvalue weighted by Gasteiger charge is -2.18. The van der Waals surface area contributed by atoms with Gasteiger partial charge in [0.1, 0.15) is 5.65 Å². The molecule has 0 atom stereocenters. The molecule has 4 aromatic rings. The lowest BCUT2D eigenvalue weighted by molar-refractivity contribution is -0.384. The Labute approximate surface area is 207 Å². The molecular weight excluding hydrogens is 458 g/mol. The van der Waals surface area contributed by atoms with E-state index in [1.807, 2.05) is 30.3 Å². The number of hydrogen-bond acceptors (Lipinski definition) is 6. The molecule has 8 nitrogen and oxygen atoms in total. The van der Waals surface area contributed by atoms with Gasteiger partial charge < -0.3 is 9.47 Å². The van der Waals surface area contributed by atoms with Crippen molar-refractivity contribution in [1.29, 1.82) is 0 Å². The Hall–Kier alpha value is -4.46. The van der Waals surface area contributed by atoms with Crippen LogP contribution < -0.4 is 15.0 Å². The first kappa shape index (κ1) is 23.3. The first-order valence-electron chi connectivity index (χ1n) is 11.8. The zero-order valence-corrected chi connectivity index (χ0v) is 19.8. The molecule has 36 heavy (non-hydrogen) atoms. The smallest absolute Gasteiger partial charge is 0.269 e. The second-order valence-electron chi connectivity index (χ2n) is 8.65. The van der Waals surface area contributed by atoms with Crippen molar-refractivity contribution in [2.45, 2.75) is 31.8 Å². The molecule has 0 aliphatic heterocycles. The van der Waals surface area contributed by atoms with Gasteiger partial charge in [-0.3, -0.25) is 19.3 Å². The molecule has 0 spiro atoms. The number of nitrogens with zero attached hydrogens (tertiary/aromatic N) is 3. The van der Waals surface area contributed by atoms with Gasteiger partial charge >= 0.3 is 0 Å². The number of methoxy groups -OCH3 is 1. The molecule has 2 heterocycles. The maximum absolute atomic E-state index is 13.5. The highest BCUT2D eigenvalue weighted by Crippen LogP contribution is 2.36. The Balaban J connectivity index is 1.62. The lowest BCUT2D eigenvalue weighted by Crippen LogP contribution is -2.18. The molecule has 0 saturated heterocycles. The van der Waals surface area contributed by atoms with Crippen molar-refractivity contribution in [2.24, 2.45) is 0 Å². The molecule has 0 N–H and O–H groups in total. The molecule has 2 aromatic heterocycles. The molecule has 0 bridgehead atoms. The number of nitro benzene ring substituents is 1. The van der Waals surface area contributed by atoms with Crippen molar-refractivity contribution in [3.05, 3.63) is 98.6 Å². The van der Waals surface area contributed by atoms with Gasteiger partial charge in [-0.15, -0.1) is 0 Å². The summed E-state index contributed by atoms with van der Waals surface area (Å²) in [5.41, 5.74) is 2.36. The van der Waals surface area contributed by atoms with E-state index in [2.05, 4.69) is 0 Å². The summed E-state index contributed by atoms with van der Waals surface area (Å²) >= 11 is 0. The van der Waals surface area contributed by atoms with Crippen molar-refractivity contribution in [3.63, 3.8) is 0 Å². The van der Waals surface area contributed by atoms with E-state index in [1.165, 1.54) is 16.5 Å². The van der Waals surface area contributed by atoms with Gasteiger partial charge in [-0.05, 0) is 73.7 Å². The highest BCUT2D eigenvalue weighted by Gasteiger charge is 2.20. The zero-order valence-electron chi connectivity index (χ0n) is 19.8. The van der Waals surface area contributed by atoms with Crippen LogP contribution in [0.25, 0.3) is 28.9 Å². The van der Waals surface area contributed by atoms with Gasteiger partial charge in [-0.1, -0.05) is 18.2 Å². The van der Waals surface area contributed by atoms with Crippen LogP contribution in [0.1, 0.15) is 36.9 Å². The predicted octanol–water partition coefficient (Wildman–Crippen LogP) is 5.77. The minimum atomic E-state index is -0.468. The summed E-state index contributed by atoms with van der Waals surface area (Å²) in [6.07, 6.45) is 9.76. The number of aromatic nitrogens is 2. The minimum absolute atomic E-state index is 0.0465. The van der Waals surface area contributed by atoms with Gasteiger partial charge in [0.2, 0.25) is 0 Å². The summed E-state index contributed by atoms with van der Waals surface area (Å²) in [7, 11) is 1.61. The van der Waals surface area contributed by atoms with Crippen LogP contribution >= 0.6 is 0 Å². The summed E-state index contributed by atoms with van der Waals surface area (Å²) in [6.45, 7) is 0. The van der Waals surface area contributed by atoms with E-state index >= 15 is 0 Å². The molecule has 1 aliphatic carbocycles. The molecular formula is C28H25N3O5. The van der Waals surface area contributed by atoms with E-state index in [0.29, 0.717) is 34.0 Å². The monoisotopic (exact) mass is 483 g/mol. The molecule has 0 unspecified atom stereocenters. The van der Waals surface area contributed by atoms with Crippen LogP contribution in [0.3, 0.4) is 0 Å². The molecule has 2 aromatic carbocycles. The average Bonchev–Trinajstić information content (AvgIpc) is 3.41. The normalized spacial score (nSPS) is 13.9. The molecule has 1 fully saturated rings. The average molecular weight is 484 g/mol. The van der Waals surface area contributed by atoms with Gasteiger partial charge in [-0.25, -0.2) is 4.98 Å². The number of benzene rings is 2. The van der Waals surface area contributed by atoms with Crippen LogP contribution in [-0.2, 0) is 0 Å². The number of non-ortho nitro benzene ring substituents is 1. The SMILES string of the molecule is COc1cccc(/C=C/c2nc3ccccn3c(=O)c2-c2ccc([N+](=O)[O-])cc2)c1OC1CCCC1. The van der Waals surface area contributed by atoms with Crippen molar-refractivity contribution in [3.8, 4) is 22.6 Å². The Kier molecular flexibility index (Phi) is 6.49. The largest absolute Gasteiger partial charge is 0.493 e. The second-order valence-corrected chi connectivity index (χ2v) is 8.65. The minimum Gasteiger partial charge on any atom is -0.493 e. The number of pyridine rings is 1. The van der Waals surface area contributed by atoms with Crippen molar-refractivity contribution in [2.75, 3.05) is 7.11 Å². The Morgan fingerprint density at radius 1 is 1.03 bits per heavy atom. The van der Waals surface area contributed by atoms with Crippen LogP contribution in [0.2, 0.25) is 0 Å². The molecule has 0 amide bonds. The fourth-order valence-electron chi connectivity index (χ4n) is 4.54. The van der Waals surface area contributed by atoms with Gasteiger partial charge in [0.05, 0.1) is 29.4 Å². The maximum Gasteiger partial charge on any atom is 0.269 e. The zero-order chi connectivity index (χ0) is 25.1. The highest BCUT2D eigenvalue weighted by molar-refractivity contribution is 5.81. The number of ether oxygens (including phenoxy) is 2. The van der Waals surface area contributed by atoms with E-state index in [0.717, 1.165) is 31.2 Å². The number of rotatable bonds is 7. The number of para-hydroxylation sites is 1. The summed E-state index contributed by atoms with van der Waals surface area (Å²) in [5.74, 6) is 1.31. The number of nitro groups is 1. The van der Waals surface area contributed by atoms with Crippen molar-refractivity contribution in [1.82, 2.24) is 9.38 Å². The fraction of sp³-hybridized carbons (Fsp3) is 0.214. The Morgan fingerprint density at radius 3 is 2.53 bits per heavy atom. The van der Waals surface area contributed by atoms with Crippen molar-refractivity contribution >= 4 is 23.5 Å². The van der Waals surface area contributed by atoms with Crippen molar-refractivity contribution < 1.29 is 14.4 Å². The van der Waals surface area contributed by atoms with Gasteiger partial charge in [-0.2, -0.15) is 0 Å². The first-order valence-corrected chi connectivity index (χ1v) is 11.8. The second kappa shape index (κ2) is 10.0. The molecule has 1 saturated carbocycles. The van der Waals surface area contributed by atoms with E-state index < -0.39 is 4.92 Å². The summed E-state index contributed by atoms with van der Waals surface area (Å²) in [4.78, 5) is 28.9. The molecule has 182 valence electrons. The third-order valence-corrected chi connectivity index (χ3v) is 6.37. The quantitative estimate of drug-likeness (QED) is 0.245. The summed E-state index contributed by atoms with van der Waals surface area (Å²) < 4.78 is 13.4. The van der Waals surface area contributed by atoms with Gasteiger partial charge in [0.25, 0.3) is 11.2 Å². The van der Waals surface area contributed by atoms with E-state index in [-0.39, 0.29) is 17.4 Å². The standard InChI is InChI=1S/C28H25N3O5/c1-35-24-10-6-7-20(27(24)36-22-8-2-3-9-22)14-17-23-26(19-12-15-21(16-13-19)31(33)34)28(32)30-18-5-4-11-25(30)29-23/h4-7,10-18,22H,2-3,8-9H2,1H3/b17-14+.